The van der Waals surface area contributed by atoms with E-state index in [4.69, 9.17) is 4.74 Å². The van der Waals surface area contributed by atoms with E-state index in [0.717, 1.165) is 12.8 Å². The normalized spacial score (nSPS) is 15.6. The number of rotatable bonds is 5. The van der Waals surface area contributed by atoms with E-state index in [1.54, 1.807) is 38.1 Å². The number of hydrogen-bond acceptors (Lipinski definition) is 4. The highest BCUT2D eigenvalue weighted by atomic mass is 16.5. The molecule has 0 unspecified atom stereocenters. The number of benzene rings is 1. The summed E-state index contributed by atoms with van der Waals surface area (Å²) in [6.07, 6.45) is 1.91. The molecule has 2 rings (SSSR count). The molecule has 0 spiro atoms. The van der Waals surface area contributed by atoms with Gasteiger partial charge in [0, 0.05) is 6.42 Å². The van der Waals surface area contributed by atoms with Gasteiger partial charge < -0.3 is 10.1 Å². The molecule has 1 aliphatic heterocycles. The topological polar surface area (TPSA) is 75.7 Å². The van der Waals surface area contributed by atoms with Gasteiger partial charge in [-0.2, -0.15) is 0 Å². The summed E-state index contributed by atoms with van der Waals surface area (Å²) in [6, 6.07) is 7.06. The van der Waals surface area contributed by atoms with Crippen LogP contribution in [0.2, 0.25) is 0 Å². The van der Waals surface area contributed by atoms with Gasteiger partial charge in [-0.05, 0) is 32.4 Å². The van der Waals surface area contributed by atoms with E-state index in [-0.39, 0.29) is 12.5 Å². The SMILES string of the molecule is CCCCC(=O)OCC(=O)N1c2ccccc2NC(=O)C1(C)C. The lowest BCUT2D eigenvalue weighted by molar-refractivity contribution is -0.148. The molecular formula is C17H22N2O4. The number of esters is 1. The Morgan fingerprint density at radius 1 is 1.26 bits per heavy atom. The second-order valence-electron chi connectivity index (χ2n) is 6.02. The first-order valence-corrected chi connectivity index (χ1v) is 7.77. The van der Waals surface area contributed by atoms with Crippen molar-refractivity contribution >= 4 is 29.2 Å². The van der Waals surface area contributed by atoms with E-state index in [9.17, 15) is 14.4 Å². The molecule has 0 saturated heterocycles. The van der Waals surface area contributed by atoms with Crippen molar-refractivity contribution in [1.29, 1.82) is 0 Å². The third kappa shape index (κ3) is 3.52. The average Bonchev–Trinajstić information content (AvgIpc) is 2.51. The van der Waals surface area contributed by atoms with E-state index in [1.807, 2.05) is 6.92 Å². The molecule has 0 saturated carbocycles. The van der Waals surface area contributed by atoms with Gasteiger partial charge in [-0.25, -0.2) is 0 Å². The van der Waals surface area contributed by atoms with Gasteiger partial charge in [0.15, 0.2) is 6.61 Å². The largest absolute Gasteiger partial charge is 0.456 e. The number of nitrogens with zero attached hydrogens (tertiary/aromatic N) is 1. The van der Waals surface area contributed by atoms with Crippen molar-refractivity contribution in [3.05, 3.63) is 24.3 Å². The maximum atomic E-state index is 12.6. The van der Waals surface area contributed by atoms with Crippen molar-refractivity contribution in [2.45, 2.75) is 45.6 Å². The number of unbranched alkanes of at least 4 members (excludes halogenated alkanes) is 1. The molecule has 0 atom stereocenters. The first kappa shape index (κ1) is 17.0. The molecule has 23 heavy (non-hydrogen) atoms. The van der Waals surface area contributed by atoms with E-state index in [0.29, 0.717) is 17.8 Å². The molecule has 0 aliphatic carbocycles. The van der Waals surface area contributed by atoms with Crippen LogP contribution < -0.4 is 10.2 Å². The van der Waals surface area contributed by atoms with E-state index in [1.165, 1.54) is 4.90 Å². The Hall–Kier alpha value is -2.37. The van der Waals surface area contributed by atoms with Crippen molar-refractivity contribution in [2.75, 3.05) is 16.8 Å². The third-order valence-corrected chi connectivity index (χ3v) is 3.85. The molecule has 0 bridgehead atoms. The lowest BCUT2D eigenvalue weighted by Crippen LogP contribution is -2.59. The number of anilines is 2. The molecular weight excluding hydrogens is 296 g/mol. The van der Waals surface area contributed by atoms with Gasteiger partial charge in [-0.15, -0.1) is 0 Å². The highest BCUT2D eigenvalue weighted by Crippen LogP contribution is 2.36. The minimum absolute atomic E-state index is 0.276. The van der Waals surface area contributed by atoms with Gasteiger partial charge in [0.2, 0.25) is 5.91 Å². The highest BCUT2D eigenvalue weighted by molar-refractivity contribution is 6.14. The predicted octanol–water partition coefficient (Wildman–Crippen LogP) is 2.48. The Bertz CT molecular complexity index is 625. The summed E-state index contributed by atoms with van der Waals surface area (Å²) in [5.41, 5.74) is 0.121. The Morgan fingerprint density at radius 3 is 2.65 bits per heavy atom. The second kappa shape index (κ2) is 6.81. The van der Waals surface area contributed by atoms with Gasteiger partial charge in [0.1, 0.15) is 5.54 Å². The molecule has 0 aromatic heterocycles. The molecule has 0 radical (unpaired) electrons. The number of ether oxygens (including phenoxy) is 1. The molecule has 6 heteroatoms. The predicted molar refractivity (Wildman–Crippen MR) is 87.1 cm³/mol. The Labute approximate surface area is 135 Å². The maximum Gasteiger partial charge on any atom is 0.306 e. The summed E-state index contributed by atoms with van der Waals surface area (Å²) < 4.78 is 5.04. The number of amides is 2. The summed E-state index contributed by atoms with van der Waals surface area (Å²) in [5.74, 6) is -1.09. The molecule has 1 N–H and O–H groups in total. The van der Waals surface area contributed by atoms with Crippen LogP contribution in [0, 0.1) is 0 Å². The van der Waals surface area contributed by atoms with Crippen LogP contribution >= 0.6 is 0 Å². The highest BCUT2D eigenvalue weighted by Gasteiger charge is 2.43. The first-order valence-electron chi connectivity index (χ1n) is 7.77. The van der Waals surface area contributed by atoms with Crippen LogP contribution in [0.1, 0.15) is 40.0 Å². The molecule has 1 aromatic carbocycles. The van der Waals surface area contributed by atoms with E-state index in [2.05, 4.69) is 5.32 Å². The molecule has 0 fully saturated rings. The van der Waals surface area contributed by atoms with Crippen LogP contribution in [0.15, 0.2) is 24.3 Å². The standard InChI is InChI=1S/C17H22N2O4/c1-4-5-10-15(21)23-11-14(20)19-13-9-7-6-8-12(13)18-16(22)17(19,2)3/h6-9H,4-5,10-11H2,1-3H3,(H,18,22). The Balaban J connectivity index is 2.17. The number of carbonyl (C=O) groups excluding carboxylic acids is 3. The van der Waals surface area contributed by atoms with Crippen LogP contribution in [-0.4, -0.2) is 29.9 Å². The molecule has 1 aromatic rings. The number of fused-ring (bicyclic) bond motifs is 1. The van der Waals surface area contributed by atoms with E-state index < -0.39 is 17.4 Å². The van der Waals surface area contributed by atoms with Gasteiger partial charge in [-0.1, -0.05) is 25.5 Å². The summed E-state index contributed by atoms with van der Waals surface area (Å²) in [4.78, 5) is 37.8. The van der Waals surface area contributed by atoms with Crippen molar-refractivity contribution in [1.82, 2.24) is 0 Å². The summed E-state index contributed by atoms with van der Waals surface area (Å²) in [5, 5.41) is 2.79. The quantitative estimate of drug-likeness (QED) is 0.846. The molecule has 1 aliphatic rings. The number of nitrogens with one attached hydrogen (secondary N) is 1. The second-order valence-corrected chi connectivity index (χ2v) is 6.02. The van der Waals surface area contributed by atoms with Crippen LogP contribution in [0.4, 0.5) is 11.4 Å². The van der Waals surface area contributed by atoms with Crippen molar-refractivity contribution in [2.24, 2.45) is 0 Å². The fourth-order valence-electron chi connectivity index (χ4n) is 2.50. The number of hydrogen-bond donors (Lipinski definition) is 1. The molecule has 2 amide bonds. The first-order chi connectivity index (χ1) is 10.9. The lowest BCUT2D eigenvalue weighted by Gasteiger charge is -2.41. The van der Waals surface area contributed by atoms with Crippen LogP contribution in [0.3, 0.4) is 0 Å². The minimum Gasteiger partial charge on any atom is -0.456 e. The van der Waals surface area contributed by atoms with Gasteiger partial charge in [0.05, 0.1) is 11.4 Å². The zero-order valence-electron chi connectivity index (χ0n) is 13.7. The molecule has 1 heterocycles. The average molecular weight is 318 g/mol. The fraction of sp³-hybridized carbons (Fsp3) is 0.471. The van der Waals surface area contributed by atoms with Crippen molar-refractivity contribution in [3.63, 3.8) is 0 Å². The monoisotopic (exact) mass is 318 g/mol. The van der Waals surface area contributed by atoms with Crippen molar-refractivity contribution < 1.29 is 19.1 Å². The smallest absolute Gasteiger partial charge is 0.306 e. The molecule has 124 valence electrons. The number of carbonyl (C=O) groups is 3. The van der Waals surface area contributed by atoms with Crippen LogP contribution in [0.5, 0.6) is 0 Å². The minimum atomic E-state index is -1.05. The Morgan fingerprint density at radius 2 is 1.96 bits per heavy atom. The fourth-order valence-corrected chi connectivity index (χ4v) is 2.50. The maximum absolute atomic E-state index is 12.6. The zero-order chi connectivity index (χ0) is 17.0. The summed E-state index contributed by atoms with van der Waals surface area (Å²) in [7, 11) is 0. The van der Waals surface area contributed by atoms with Crippen LogP contribution in [0.25, 0.3) is 0 Å². The summed E-state index contributed by atoms with van der Waals surface area (Å²) >= 11 is 0. The Kier molecular flexibility index (Phi) is 5.03. The lowest BCUT2D eigenvalue weighted by atomic mass is 9.96. The van der Waals surface area contributed by atoms with Gasteiger partial charge in [0.25, 0.3) is 5.91 Å². The third-order valence-electron chi connectivity index (χ3n) is 3.85. The van der Waals surface area contributed by atoms with E-state index >= 15 is 0 Å². The van der Waals surface area contributed by atoms with Crippen LogP contribution in [-0.2, 0) is 19.1 Å². The van der Waals surface area contributed by atoms with Gasteiger partial charge in [-0.3, -0.25) is 19.3 Å². The van der Waals surface area contributed by atoms with Gasteiger partial charge >= 0.3 is 5.97 Å². The summed E-state index contributed by atoms with van der Waals surface area (Å²) in [6.45, 7) is 4.93. The zero-order valence-corrected chi connectivity index (χ0v) is 13.7. The van der Waals surface area contributed by atoms with Crippen molar-refractivity contribution in [3.8, 4) is 0 Å². The molecule has 6 nitrogen and oxygen atoms in total. The number of para-hydroxylation sites is 2.